The molecule has 0 saturated carbocycles. The van der Waals surface area contributed by atoms with Crippen LogP contribution in [0.4, 0.5) is 0 Å². The van der Waals surface area contributed by atoms with Crippen LogP contribution in [0.5, 0.6) is 10.9 Å². The van der Waals surface area contributed by atoms with Crippen LogP contribution in [0.15, 0.2) is 42.6 Å². The average Bonchev–Trinajstić information content (AvgIpc) is 2.96. The van der Waals surface area contributed by atoms with Crippen LogP contribution in [0.1, 0.15) is 19.4 Å². The number of hydrogen-bond acceptors (Lipinski definition) is 5. The molecule has 4 nitrogen and oxygen atoms in total. The fourth-order valence-corrected chi connectivity index (χ4v) is 3.06. The molecule has 5 heteroatoms. The Bertz CT molecular complexity index is 702. The third kappa shape index (κ3) is 3.43. The van der Waals surface area contributed by atoms with Crippen molar-refractivity contribution in [1.82, 2.24) is 14.9 Å². The first-order valence-electron chi connectivity index (χ1n) is 7.49. The standard InChI is InChI=1S/C17H19N3OS/c1-3-20(4-2)12-13-7-9-14(10-8-13)21-17-19-16-15(22-17)6-5-11-18-16/h5-11H,3-4,12H2,1-2H3. The zero-order valence-corrected chi connectivity index (χ0v) is 13.6. The van der Waals surface area contributed by atoms with E-state index in [1.807, 2.05) is 24.3 Å². The van der Waals surface area contributed by atoms with E-state index in [0.717, 1.165) is 35.7 Å². The van der Waals surface area contributed by atoms with Gasteiger partial charge < -0.3 is 4.74 Å². The van der Waals surface area contributed by atoms with Gasteiger partial charge in [0, 0.05) is 12.7 Å². The highest BCUT2D eigenvalue weighted by Gasteiger charge is 2.07. The summed E-state index contributed by atoms with van der Waals surface area (Å²) in [6.07, 6.45) is 1.74. The Hall–Kier alpha value is -1.98. The summed E-state index contributed by atoms with van der Waals surface area (Å²) < 4.78 is 6.87. The third-order valence-corrected chi connectivity index (χ3v) is 4.46. The Morgan fingerprint density at radius 1 is 1.09 bits per heavy atom. The number of rotatable bonds is 6. The van der Waals surface area contributed by atoms with Crippen LogP contribution in [0, 0.1) is 0 Å². The van der Waals surface area contributed by atoms with Gasteiger partial charge in [0.2, 0.25) is 0 Å². The highest BCUT2D eigenvalue weighted by Crippen LogP contribution is 2.30. The van der Waals surface area contributed by atoms with Crippen molar-refractivity contribution in [2.45, 2.75) is 20.4 Å². The minimum atomic E-state index is 0.630. The van der Waals surface area contributed by atoms with Gasteiger partial charge in [0.1, 0.15) is 5.75 Å². The summed E-state index contributed by atoms with van der Waals surface area (Å²) in [6, 6.07) is 12.1. The van der Waals surface area contributed by atoms with Crippen LogP contribution >= 0.6 is 11.3 Å². The number of aromatic nitrogens is 2. The maximum atomic E-state index is 5.83. The lowest BCUT2D eigenvalue weighted by Crippen LogP contribution is -2.21. The number of thiazole rings is 1. The number of benzene rings is 1. The predicted octanol–water partition coefficient (Wildman–Crippen LogP) is 4.33. The van der Waals surface area contributed by atoms with Crippen LogP contribution in [0.2, 0.25) is 0 Å². The molecule has 0 aliphatic carbocycles. The molecule has 0 bridgehead atoms. The molecule has 0 aliphatic rings. The zero-order chi connectivity index (χ0) is 15.4. The van der Waals surface area contributed by atoms with Gasteiger partial charge in [0.15, 0.2) is 5.65 Å². The van der Waals surface area contributed by atoms with Crippen molar-refractivity contribution in [2.24, 2.45) is 0 Å². The van der Waals surface area contributed by atoms with Gasteiger partial charge in [-0.1, -0.05) is 37.3 Å². The normalized spacial score (nSPS) is 11.2. The Kier molecular flexibility index (Phi) is 4.65. The number of fused-ring (bicyclic) bond motifs is 1. The minimum absolute atomic E-state index is 0.630. The van der Waals surface area contributed by atoms with Gasteiger partial charge in [-0.15, -0.1) is 0 Å². The lowest BCUT2D eigenvalue weighted by atomic mass is 10.2. The fraction of sp³-hybridized carbons (Fsp3) is 0.294. The zero-order valence-electron chi connectivity index (χ0n) is 12.8. The molecule has 114 valence electrons. The maximum absolute atomic E-state index is 5.83. The molecular weight excluding hydrogens is 294 g/mol. The van der Waals surface area contributed by atoms with Crippen LogP contribution in [0.3, 0.4) is 0 Å². The molecule has 0 aliphatic heterocycles. The summed E-state index contributed by atoms with van der Waals surface area (Å²) in [5.41, 5.74) is 2.03. The first kappa shape index (κ1) is 14.9. The Balaban J connectivity index is 1.70. The van der Waals surface area contributed by atoms with Crippen molar-refractivity contribution in [3.8, 4) is 10.9 Å². The molecule has 0 spiro atoms. The van der Waals surface area contributed by atoms with E-state index in [9.17, 15) is 0 Å². The SMILES string of the molecule is CCN(CC)Cc1ccc(Oc2nc3ncccc3s2)cc1. The molecular formula is C17H19N3OS. The molecule has 2 aromatic heterocycles. The second-order valence-corrected chi connectivity index (χ2v) is 6.01. The van der Waals surface area contributed by atoms with Crippen molar-refractivity contribution in [2.75, 3.05) is 13.1 Å². The van der Waals surface area contributed by atoms with Gasteiger partial charge in [-0.25, -0.2) is 4.98 Å². The lowest BCUT2D eigenvalue weighted by Gasteiger charge is -2.17. The van der Waals surface area contributed by atoms with E-state index in [1.165, 1.54) is 16.9 Å². The molecule has 0 fully saturated rings. The molecule has 1 aromatic carbocycles. The van der Waals surface area contributed by atoms with Gasteiger partial charge in [-0.2, -0.15) is 4.98 Å². The second-order valence-electron chi connectivity index (χ2n) is 5.01. The molecule has 0 unspecified atom stereocenters. The van der Waals surface area contributed by atoms with Crippen LogP contribution in [-0.2, 0) is 6.54 Å². The molecule has 22 heavy (non-hydrogen) atoms. The number of hydrogen-bond donors (Lipinski definition) is 0. The summed E-state index contributed by atoms with van der Waals surface area (Å²) in [7, 11) is 0. The van der Waals surface area contributed by atoms with E-state index in [4.69, 9.17) is 4.74 Å². The van der Waals surface area contributed by atoms with Crippen molar-refractivity contribution in [3.05, 3.63) is 48.2 Å². The fourth-order valence-electron chi connectivity index (χ4n) is 2.26. The molecule has 0 amide bonds. The Morgan fingerprint density at radius 2 is 1.86 bits per heavy atom. The lowest BCUT2D eigenvalue weighted by molar-refractivity contribution is 0.296. The van der Waals surface area contributed by atoms with E-state index >= 15 is 0 Å². The number of nitrogens with zero attached hydrogens (tertiary/aromatic N) is 3. The van der Waals surface area contributed by atoms with Crippen LogP contribution in [-0.4, -0.2) is 28.0 Å². The number of pyridine rings is 1. The van der Waals surface area contributed by atoms with E-state index in [2.05, 4.69) is 40.8 Å². The van der Waals surface area contributed by atoms with Gasteiger partial charge in [0.25, 0.3) is 5.19 Å². The average molecular weight is 313 g/mol. The van der Waals surface area contributed by atoms with Gasteiger partial charge >= 0.3 is 0 Å². The Morgan fingerprint density at radius 3 is 2.55 bits per heavy atom. The first-order valence-corrected chi connectivity index (χ1v) is 8.31. The first-order chi connectivity index (χ1) is 10.8. The van der Waals surface area contributed by atoms with E-state index < -0.39 is 0 Å². The summed E-state index contributed by atoms with van der Waals surface area (Å²) in [5, 5.41) is 0.630. The topological polar surface area (TPSA) is 38.2 Å². The summed E-state index contributed by atoms with van der Waals surface area (Å²) in [4.78, 5) is 11.0. The van der Waals surface area contributed by atoms with E-state index in [-0.39, 0.29) is 0 Å². The van der Waals surface area contributed by atoms with Crippen molar-refractivity contribution < 1.29 is 4.74 Å². The maximum Gasteiger partial charge on any atom is 0.281 e. The van der Waals surface area contributed by atoms with Crippen LogP contribution in [0.25, 0.3) is 10.3 Å². The van der Waals surface area contributed by atoms with Gasteiger partial charge in [-0.05, 0) is 42.9 Å². The van der Waals surface area contributed by atoms with Crippen molar-refractivity contribution in [3.63, 3.8) is 0 Å². The monoisotopic (exact) mass is 313 g/mol. The Labute approximate surface area is 134 Å². The quantitative estimate of drug-likeness (QED) is 0.679. The third-order valence-electron chi connectivity index (χ3n) is 3.57. The molecule has 2 heterocycles. The largest absolute Gasteiger partial charge is 0.431 e. The van der Waals surface area contributed by atoms with Crippen LogP contribution < -0.4 is 4.74 Å². The highest BCUT2D eigenvalue weighted by atomic mass is 32.1. The minimum Gasteiger partial charge on any atom is -0.431 e. The molecule has 3 aromatic rings. The summed E-state index contributed by atoms with van der Waals surface area (Å²) >= 11 is 1.51. The molecule has 0 atom stereocenters. The van der Waals surface area contributed by atoms with Gasteiger partial charge in [-0.3, -0.25) is 4.90 Å². The molecule has 3 rings (SSSR count). The van der Waals surface area contributed by atoms with Gasteiger partial charge in [0.05, 0.1) is 4.70 Å². The predicted molar refractivity (Wildman–Crippen MR) is 90.6 cm³/mol. The molecule has 0 saturated heterocycles. The molecule has 0 radical (unpaired) electrons. The van der Waals surface area contributed by atoms with Crippen molar-refractivity contribution >= 4 is 21.7 Å². The summed E-state index contributed by atoms with van der Waals surface area (Å²) in [5.74, 6) is 0.808. The molecule has 0 N–H and O–H groups in total. The van der Waals surface area contributed by atoms with Crippen molar-refractivity contribution in [1.29, 1.82) is 0 Å². The van der Waals surface area contributed by atoms with E-state index in [1.54, 1.807) is 6.20 Å². The second kappa shape index (κ2) is 6.85. The van der Waals surface area contributed by atoms with E-state index in [0.29, 0.717) is 5.19 Å². The highest BCUT2D eigenvalue weighted by molar-refractivity contribution is 7.20. The smallest absolute Gasteiger partial charge is 0.281 e. The summed E-state index contributed by atoms with van der Waals surface area (Å²) in [6.45, 7) is 7.46. The number of ether oxygens (including phenoxy) is 1.